The topological polar surface area (TPSA) is 17.1 Å². The summed E-state index contributed by atoms with van der Waals surface area (Å²) < 4.78 is 1.42. The minimum absolute atomic E-state index is 0.109. The minimum atomic E-state index is -0.109. The van der Waals surface area contributed by atoms with Crippen LogP contribution in [0, 0.1) is 5.92 Å². The summed E-state index contributed by atoms with van der Waals surface area (Å²) in [5.74, 6) is 0.343. The summed E-state index contributed by atoms with van der Waals surface area (Å²) in [7, 11) is 0. The lowest BCUT2D eigenvalue weighted by Gasteiger charge is -2.21. The summed E-state index contributed by atoms with van der Waals surface area (Å²) in [6, 6.07) is 11.8. The Kier molecular flexibility index (Phi) is 5.42. The van der Waals surface area contributed by atoms with E-state index in [-0.39, 0.29) is 11.7 Å². The molecule has 0 aliphatic rings. The second-order valence-corrected chi connectivity index (χ2v) is 7.38. The average molecular weight is 372 g/mol. The van der Waals surface area contributed by atoms with E-state index < -0.39 is 0 Å². The van der Waals surface area contributed by atoms with Gasteiger partial charge in [-0.2, -0.15) is 0 Å². The molecule has 0 saturated carbocycles. The molecule has 2 unspecified atom stereocenters. The molecule has 1 heterocycles. The molecule has 0 aliphatic heterocycles. The lowest BCUT2D eigenvalue weighted by atomic mass is 9.82. The Hall–Kier alpha value is -0.640. The monoisotopic (exact) mass is 370 g/mol. The maximum atomic E-state index is 12.8. The Morgan fingerprint density at radius 3 is 2.50 bits per heavy atom. The quantitative estimate of drug-likeness (QED) is 0.574. The van der Waals surface area contributed by atoms with Gasteiger partial charge >= 0.3 is 0 Å². The summed E-state index contributed by atoms with van der Waals surface area (Å²) in [4.78, 5) is 13.6. The predicted octanol–water partition coefficient (Wildman–Crippen LogP) is 6.18. The van der Waals surface area contributed by atoms with Crippen LogP contribution in [0.25, 0.3) is 0 Å². The fourth-order valence-corrected chi connectivity index (χ4v) is 3.94. The highest BCUT2D eigenvalue weighted by Crippen LogP contribution is 2.37. The molecule has 0 fully saturated rings. The Morgan fingerprint density at radius 1 is 1.35 bits per heavy atom. The summed E-state index contributed by atoms with van der Waals surface area (Å²) in [6.07, 6.45) is 0.964. The van der Waals surface area contributed by atoms with E-state index in [9.17, 15) is 4.79 Å². The van der Waals surface area contributed by atoms with Crippen LogP contribution < -0.4 is 0 Å². The zero-order chi connectivity index (χ0) is 14.7. The first kappa shape index (κ1) is 15.7. The largest absolute Gasteiger partial charge is 0.293 e. The van der Waals surface area contributed by atoms with Gasteiger partial charge < -0.3 is 0 Å². The molecular weight excluding hydrogens is 356 g/mol. The second-order valence-electron chi connectivity index (χ2n) is 4.87. The molecule has 20 heavy (non-hydrogen) atoms. The number of carbonyl (C=O) groups excluding carboxylic acids is 1. The van der Waals surface area contributed by atoms with Crippen molar-refractivity contribution in [2.45, 2.75) is 26.2 Å². The molecular formula is C16H16BrClOS. The third kappa shape index (κ3) is 3.33. The SMILES string of the molecule is CCC(C)C(C(=O)c1cc(Br)c(Cl)s1)c1ccccc1. The molecule has 2 rings (SSSR count). The Labute approximate surface area is 137 Å². The van der Waals surface area contributed by atoms with Gasteiger partial charge in [0.2, 0.25) is 0 Å². The van der Waals surface area contributed by atoms with Gasteiger partial charge in [0.15, 0.2) is 5.78 Å². The van der Waals surface area contributed by atoms with Crippen LogP contribution in [0.4, 0.5) is 0 Å². The molecule has 0 saturated heterocycles. The number of carbonyl (C=O) groups is 1. The van der Waals surface area contributed by atoms with E-state index in [2.05, 4.69) is 29.8 Å². The molecule has 0 radical (unpaired) electrons. The second kappa shape index (κ2) is 6.88. The molecule has 106 valence electrons. The molecule has 0 bridgehead atoms. The molecule has 0 spiro atoms. The molecule has 0 aliphatic carbocycles. The summed E-state index contributed by atoms with van der Waals surface area (Å²) in [5, 5.41) is 0. The fraction of sp³-hybridized carbons (Fsp3) is 0.312. The number of Topliss-reactive ketones (excluding diaryl/α,β-unsaturated/α-hetero) is 1. The third-order valence-corrected chi connectivity index (χ3v) is 6.03. The molecule has 0 N–H and O–H groups in total. The van der Waals surface area contributed by atoms with E-state index in [0.717, 1.165) is 21.3 Å². The normalized spacial score (nSPS) is 14.0. The summed E-state index contributed by atoms with van der Waals surface area (Å²) in [6.45, 7) is 4.24. The first-order chi connectivity index (χ1) is 9.54. The van der Waals surface area contributed by atoms with E-state index in [1.54, 1.807) is 0 Å². The maximum absolute atomic E-state index is 12.8. The number of ketones is 1. The van der Waals surface area contributed by atoms with Crippen molar-refractivity contribution in [1.29, 1.82) is 0 Å². The van der Waals surface area contributed by atoms with Crippen molar-refractivity contribution >= 4 is 44.7 Å². The third-order valence-electron chi connectivity index (χ3n) is 3.54. The van der Waals surface area contributed by atoms with E-state index in [4.69, 9.17) is 11.6 Å². The molecule has 2 aromatic rings. The van der Waals surface area contributed by atoms with Crippen molar-refractivity contribution in [3.8, 4) is 0 Å². The van der Waals surface area contributed by atoms with Gasteiger partial charge in [-0.15, -0.1) is 11.3 Å². The van der Waals surface area contributed by atoms with Gasteiger partial charge in [0.25, 0.3) is 0 Å². The van der Waals surface area contributed by atoms with Gasteiger partial charge in [0.1, 0.15) is 4.34 Å². The van der Waals surface area contributed by atoms with Crippen molar-refractivity contribution in [3.63, 3.8) is 0 Å². The van der Waals surface area contributed by atoms with Gasteiger partial charge in [0, 0.05) is 4.47 Å². The number of halogens is 2. The van der Waals surface area contributed by atoms with Crippen LogP contribution in [0.15, 0.2) is 40.9 Å². The Morgan fingerprint density at radius 2 is 2.00 bits per heavy atom. The molecule has 4 heteroatoms. The van der Waals surface area contributed by atoms with Gasteiger partial charge in [-0.3, -0.25) is 4.79 Å². The molecule has 2 atom stereocenters. The predicted molar refractivity (Wildman–Crippen MR) is 90.0 cm³/mol. The lowest BCUT2D eigenvalue weighted by Crippen LogP contribution is -2.19. The lowest BCUT2D eigenvalue weighted by molar-refractivity contribution is 0.0936. The van der Waals surface area contributed by atoms with Crippen LogP contribution >= 0.6 is 38.9 Å². The summed E-state index contributed by atoms with van der Waals surface area (Å²) in [5.41, 5.74) is 1.08. The van der Waals surface area contributed by atoms with E-state index in [1.165, 1.54) is 11.3 Å². The number of rotatable bonds is 5. The van der Waals surface area contributed by atoms with Crippen LogP contribution in [0.1, 0.15) is 41.4 Å². The van der Waals surface area contributed by atoms with Gasteiger partial charge in [-0.05, 0) is 33.5 Å². The van der Waals surface area contributed by atoms with Gasteiger partial charge in [0.05, 0.1) is 10.8 Å². The molecule has 1 nitrogen and oxygen atoms in total. The zero-order valence-electron chi connectivity index (χ0n) is 11.4. The van der Waals surface area contributed by atoms with E-state index in [0.29, 0.717) is 10.3 Å². The molecule has 1 aromatic carbocycles. The van der Waals surface area contributed by atoms with Gasteiger partial charge in [-0.1, -0.05) is 62.2 Å². The van der Waals surface area contributed by atoms with Crippen molar-refractivity contribution in [1.82, 2.24) is 0 Å². The highest BCUT2D eigenvalue weighted by Gasteiger charge is 2.28. The number of benzene rings is 1. The first-order valence-electron chi connectivity index (χ1n) is 6.58. The number of thiophene rings is 1. The van der Waals surface area contributed by atoms with E-state index in [1.807, 2.05) is 36.4 Å². The van der Waals surface area contributed by atoms with Crippen LogP contribution in [-0.2, 0) is 0 Å². The van der Waals surface area contributed by atoms with Crippen molar-refractivity contribution in [2.24, 2.45) is 5.92 Å². The van der Waals surface area contributed by atoms with Crippen LogP contribution in [0.2, 0.25) is 4.34 Å². The smallest absolute Gasteiger partial charge is 0.180 e. The number of hydrogen-bond acceptors (Lipinski definition) is 2. The standard InChI is InChI=1S/C16H16BrClOS/c1-3-10(2)14(11-7-5-4-6-8-11)15(19)13-9-12(17)16(18)20-13/h4-10,14H,3H2,1-2H3. The van der Waals surface area contributed by atoms with E-state index >= 15 is 0 Å². The summed E-state index contributed by atoms with van der Waals surface area (Å²) >= 11 is 10.8. The number of hydrogen-bond donors (Lipinski definition) is 0. The molecule has 0 amide bonds. The van der Waals surface area contributed by atoms with Crippen LogP contribution in [-0.4, -0.2) is 5.78 Å². The maximum Gasteiger partial charge on any atom is 0.180 e. The first-order valence-corrected chi connectivity index (χ1v) is 8.57. The Balaban J connectivity index is 2.39. The highest BCUT2D eigenvalue weighted by atomic mass is 79.9. The van der Waals surface area contributed by atoms with Crippen LogP contribution in [0.5, 0.6) is 0 Å². The van der Waals surface area contributed by atoms with Crippen molar-refractivity contribution < 1.29 is 4.79 Å². The van der Waals surface area contributed by atoms with Crippen LogP contribution in [0.3, 0.4) is 0 Å². The zero-order valence-corrected chi connectivity index (χ0v) is 14.6. The van der Waals surface area contributed by atoms with Crippen molar-refractivity contribution in [3.05, 3.63) is 55.6 Å². The highest BCUT2D eigenvalue weighted by molar-refractivity contribution is 9.10. The van der Waals surface area contributed by atoms with Gasteiger partial charge in [-0.25, -0.2) is 0 Å². The molecule has 1 aromatic heterocycles. The fourth-order valence-electron chi connectivity index (χ4n) is 2.26. The van der Waals surface area contributed by atoms with Crippen molar-refractivity contribution in [2.75, 3.05) is 0 Å². The minimum Gasteiger partial charge on any atom is -0.293 e. The Bertz CT molecular complexity index is 574. The average Bonchev–Trinajstić information content (AvgIpc) is 2.80.